The van der Waals surface area contributed by atoms with Crippen molar-refractivity contribution in [2.24, 2.45) is 11.3 Å². The summed E-state index contributed by atoms with van der Waals surface area (Å²) in [6.45, 7) is 3.47. The van der Waals surface area contributed by atoms with E-state index in [0.29, 0.717) is 19.3 Å². The molecule has 0 radical (unpaired) electrons. The molecular weight excluding hydrogens is 320 g/mol. The third-order valence-electron chi connectivity index (χ3n) is 4.64. The normalized spacial score (nSPS) is 24.5. The number of amides is 2. The number of nitrogens with one attached hydrogen (secondary N) is 1. The van der Waals surface area contributed by atoms with Gasteiger partial charge in [-0.25, -0.2) is 0 Å². The first-order chi connectivity index (χ1) is 11.7. The summed E-state index contributed by atoms with van der Waals surface area (Å²) in [5, 5.41) is 20.9. The molecule has 0 spiro atoms. The maximum atomic E-state index is 12.5. The molecule has 6 nitrogen and oxygen atoms in total. The number of allylic oxidation sites excluding steroid dienone is 4. The predicted molar refractivity (Wildman–Crippen MR) is 97.5 cm³/mol. The number of carbonyl (C=O) groups excluding carboxylic acids is 2. The zero-order valence-electron chi connectivity index (χ0n) is 15.7. The molecule has 2 amide bonds. The first-order valence-electron chi connectivity index (χ1n) is 8.86. The summed E-state index contributed by atoms with van der Waals surface area (Å²) in [6.07, 6.45) is 10.2. The van der Waals surface area contributed by atoms with Gasteiger partial charge in [0.2, 0.25) is 11.8 Å². The van der Waals surface area contributed by atoms with Gasteiger partial charge in [0, 0.05) is 20.5 Å². The van der Waals surface area contributed by atoms with Crippen molar-refractivity contribution in [2.45, 2.75) is 58.3 Å². The second-order valence-electron chi connectivity index (χ2n) is 7.35. The van der Waals surface area contributed by atoms with Crippen LogP contribution in [0.15, 0.2) is 24.3 Å². The van der Waals surface area contributed by atoms with Crippen LogP contribution in [0.2, 0.25) is 0 Å². The lowest BCUT2D eigenvalue weighted by molar-refractivity contribution is -0.136. The first kappa shape index (κ1) is 21.4. The van der Waals surface area contributed by atoms with Gasteiger partial charge >= 0.3 is 0 Å². The van der Waals surface area contributed by atoms with E-state index in [-0.39, 0.29) is 17.7 Å². The van der Waals surface area contributed by atoms with Crippen molar-refractivity contribution >= 4 is 11.8 Å². The van der Waals surface area contributed by atoms with Gasteiger partial charge < -0.3 is 20.4 Å². The van der Waals surface area contributed by atoms with Crippen LogP contribution >= 0.6 is 0 Å². The van der Waals surface area contributed by atoms with E-state index in [1.807, 2.05) is 13.0 Å². The van der Waals surface area contributed by atoms with Crippen LogP contribution in [-0.2, 0) is 9.59 Å². The molecule has 0 saturated carbocycles. The Balaban J connectivity index is 2.49. The largest absolute Gasteiger partial charge is 0.366 e. The monoisotopic (exact) mass is 352 g/mol. The fraction of sp³-hybridized carbons (Fsp3) is 0.684. The minimum atomic E-state index is -1.56. The highest BCUT2D eigenvalue weighted by molar-refractivity contribution is 5.83. The van der Waals surface area contributed by atoms with Gasteiger partial charge in [-0.2, -0.15) is 0 Å². The molecule has 0 aromatic carbocycles. The van der Waals surface area contributed by atoms with Crippen molar-refractivity contribution in [2.75, 3.05) is 14.1 Å². The molecule has 1 aliphatic rings. The summed E-state index contributed by atoms with van der Waals surface area (Å²) in [5.74, 6) is 0.145. The van der Waals surface area contributed by atoms with Crippen LogP contribution < -0.4 is 5.32 Å². The molecule has 3 unspecified atom stereocenters. The van der Waals surface area contributed by atoms with E-state index in [2.05, 4.69) is 23.5 Å². The number of aliphatic hydroxyl groups excluding tert-OH is 1. The van der Waals surface area contributed by atoms with Crippen molar-refractivity contribution in [1.82, 2.24) is 10.2 Å². The number of hydrogen-bond acceptors (Lipinski definition) is 4. The highest BCUT2D eigenvalue weighted by atomic mass is 16.5. The Hall–Kier alpha value is -1.66. The van der Waals surface area contributed by atoms with E-state index in [0.717, 1.165) is 12.8 Å². The molecule has 0 fully saturated rings. The standard InChI is InChI=1S/C19H32N2O4/c1-14(17(23)24)20-18(25)19(2)12-8-10-15(13-19)9-6-5-7-11-16(22)21(3)4/h6,8-10,14-15,17,23-24H,5,7,11-13H2,1-4H3,(H,20,25)/b9-6-. The van der Waals surface area contributed by atoms with E-state index in [4.69, 9.17) is 10.2 Å². The van der Waals surface area contributed by atoms with Gasteiger partial charge in [-0.1, -0.05) is 31.2 Å². The zero-order valence-corrected chi connectivity index (χ0v) is 15.7. The zero-order chi connectivity index (χ0) is 19.0. The van der Waals surface area contributed by atoms with Crippen molar-refractivity contribution in [3.8, 4) is 0 Å². The van der Waals surface area contributed by atoms with Crippen molar-refractivity contribution < 1.29 is 19.8 Å². The Kier molecular flexibility index (Phi) is 8.32. The third-order valence-corrected chi connectivity index (χ3v) is 4.64. The average Bonchev–Trinajstić information content (AvgIpc) is 2.54. The van der Waals surface area contributed by atoms with Gasteiger partial charge in [-0.05, 0) is 38.5 Å². The number of rotatable bonds is 8. The molecule has 25 heavy (non-hydrogen) atoms. The molecule has 0 aromatic rings. The highest BCUT2D eigenvalue weighted by Crippen LogP contribution is 2.36. The van der Waals surface area contributed by atoms with Crippen molar-refractivity contribution in [3.05, 3.63) is 24.3 Å². The SMILES string of the molecule is CC(NC(=O)C1(C)CC=CC(/C=C\CCCC(=O)N(C)C)C1)C(O)O. The van der Waals surface area contributed by atoms with Crippen LogP contribution in [-0.4, -0.2) is 53.4 Å². The van der Waals surface area contributed by atoms with Crippen LogP contribution in [0.1, 0.15) is 46.0 Å². The number of hydrogen-bond donors (Lipinski definition) is 3. The molecule has 1 rings (SSSR count). The maximum Gasteiger partial charge on any atom is 0.226 e. The third kappa shape index (κ3) is 7.00. The number of unbranched alkanes of at least 4 members (excludes halogenated alkanes) is 1. The predicted octanol–water partition coefficient (Wildman–Crippen LogP) is 1.59. The fourth-order valence-electron chi connectivity index (χ4n) is 2.81. The summed E-state index contributed by atoms with van der Waals surface area (Å²) in [7, 11) is 3.51. The van der Waals surface area contributed by atoms with Gasteiger partial charge in [0.15, 0.2) is 6.29 Å². The summed E-state index contributed by atoms with van der Waals surface area (Å²) in [4.78, 5) is 25.6. The van der Waals surface area contributed by atoms with E-state index >= 15 is 0 Å². The van der Waals surface area contributed by atoms with Crippen LogP contribution in [0.3, 0.4) is 0 Å². The van der Waals surface area contributed by atoms with Crippen molar-refractivity contribution in [3.63, 3.8) is 0 Å². The van der Waals surface area contributed by atoms with Crippen LogP contribution in [0.4, 0.5) is 0 Å². The molecule has 3 N–H and O–H groups in total. The van der Waals surface area contributed by atoms with Crippen LogP contribution in [0, 0.1) is 11.3 Å². The van der Waals surface area contributed by atoms with Crippen LogP contribution in [0.25, 0.3) is 0 Å². The molecule has 6 heteroatoms. The van der Waals surface area contributed by atoms with Gasteiger partial charge in [-0.3, -0.25) is 9.59 Å². The molecular formula is C19H32N2O4. The Bertz CT molecular complexity index is 514. The molecule has 0 bridgehead atoms. The molecule has 0 aromatic heterocycles. The second kappa shape index (κ2) is 9.73. The van der Waals surface area contributed by atoms with Gasteiger partial charge in [0.25, 0.3) is 0 Å². The summed E-state index contributed by atoms with van der Waals surface area (Å²) >= 11 is 0. The Labute approximate surface area is 150 Å². The number of nitrogens with zero attached hydrogens (tertiary/aromatic N) is 1. The molecule has 1 aliphatic carbocycles. The molecule has 0 aliphatic heterocycles. The van der Waals surface area contributed by atoms with Gasteiger partial charge in [0.05, 0.1) is 11.5 Å². The number of aliphatic hydroxyl groups is 2. The quantitative estimate of drug-likeness (QED) is 0.351. The molecule has 0 heterocycles. The average molecular weight is 352 g/mol. The highest BCUT2D eigenvalue weighted by Gasteiger charge is 2.36. The van der Waals surface area contributed by atoms with Gasteiger partial charge in [-0.15, -0.1) is 0 Å². The lowest BCUT2D eigenvalue weighted by Crippen LogP contribution is -2.48. The van der Waals surface area contributed by atoms with E-state index in [9.17, 15) is 9.59 Å². The summed E-state index contributed by atoms with van der Waals surface area (Å²) in [5.41, 5.74) is -0.562. The summed E-state index contributed by atoms with van der Waals surface area (Å²) in [6, 6.07) is -0.696. The minimum absolute atomic E-state index is 0.135. The topological polar surface area (TPSA) is 89.9 Å². The van der Waals surface area contributed by atoms with E-state index in [1.165, 1.54) is 0 Å². The van der Waals surface area contributed by atoms with Crippen molar-refractivity contribution in [1.29, 1.82) is 0 Å². The van der Waals surface area contributed by atoms with E-state index in [1.54, 1.807) is 25.9 Å². The number of carbonyl (C=O) groups is 2. The smallest absolute Gasteiger partial charge is 0.226 e. The Morgan fingerprint density at radius 3 is 2.68 bits per heavy atom. The molecule has 3 atom stereocenters. The van der Waals surface area contributed by atoms with E-state index < -0.39 is 17.7 Å². The second-order valence-corrected chi connectivity index (χ2v) is 7.35. The minimum Gasteiger partial charge on any atom is -0.366 e. The Morgan fingerprint density at radius 1 is 1.40 bits per heavy atom. The molecule has 142 valence electrons. The maximum absolute atomic E-state index is 12.5. The Morgan fingerprint density at radius 2 is 2.08 bits per heavy atom. The summed E-state index contributed by atoms with van der Waals surface area (Å²) < 4.78 is 0. The lowest BCUT2D eigenvalue weighted by Gasteiger charge is -2.34. The molecule has 0 saturated heterocycles. The van der Waals surface area contributed by atoms with Gasteiger partial charge in [0.1, 0.15) is 0 Å². The first-order valence-corrected chi connectivity index (χ1v) is 8.86. The van der Waals surface area contributed by atoms with Crippen LogP contribution in [0.5, 0.6) is 0 Å². The lowest BCUT2D eigenvalue weighted by atomic mass is 9.73. The fourth-order valence-corrected chi connectivity index (χ4v) is 2.81.